The highest BCUT2D eigenvalue weighted by atomic mass is 35.5. The molecule has 0 spiro atoms. The summed E-state index contributed by atoms with van der Waals surface area (Å²) in [5.41, 5.74) is 3.01. The summed E-state index contributed by atoms with van der Waals surface area (Å²) in [7, 11) is 0. The van der Waals surface area contributed by atoms with E-state index < -0.39 is 17.8 Å². The number of rotatable bonds is 5. The smallest absolute Gasteiger partial charge is 0.307 e. The molecule has 3 N–H and O–H groups in total. The summed E-state index contributed by atoms with van der Waals surface area (Å²) < 4.78 is 0. The number of carboxylic acids is 1. The summed E-state index contributed by atoms with van der Waals surface area (Å²) in [5.74, 6) is -2.74. The third-order valence-corrected chi connectivity index (χ3v) is 7.68. The van der Waals surface area contributed by atoms with Gasteiger partial charge in [0.05, 0.1) is 17.4 Å². The molecule has 8 heteroatoms. The Morgan fingerprint density at radius 2 is 1.81 bits per heavy atom. The zero-order valence-electron chi connectivity index (χ0n) is 17.3. The number of amides is 2. The maximum absolute atomic E-state index is 13.2. The van der Waals surface area contributed by atoms with E-state index in [9.17, 15) is 19.5 Å². The summed E-state index contributed by atoms with van der Waals surface area (Å²) in [4.78, 5) is 39.0. The van der Waals surface area contributed by atoms with Gasteiger partial charge in [-0.25, -0.2) is 0 Å². The molecule has 164 valence electrons. The van der Waals surface area contributed by atoms with Crippen LogP contribution in [-0.4, -0.2) is 22.9 Å². The van der Waals surface area contributed by atoms with Crippen molar-refractivity contribution in [3.8, 4) is 0 Å². The topological polar surface area (TPSA) is 95.5 Å². The molecule has 2 amide bonds. The van der Waals surface area contributed by atoms with Crippen molar-refractivity contribution in [2.45, 2.75) is 51.9 Å². The van der Waals surface area contributed by atoms with Crippen LogP contribution >= 0.6 is 22.9 Å². The fraction of sp³-hybridized carbons (Fsp3) is 0.435. The number of aliphatic carboxylic acids is 1. The summed E-state index contributed by atoms with van der Waals surface area (Å²) in [6.07, 6.45) is 5.40. The van der Waals surface area contributed by atoms with Gasteiger partial charge in [-0.05, 0) is 68.4 Å². The monoisotopic (exact) mass is 460 g/mol. The first-order chi connectivity index (χ1) is 14.8. The Morgan fingerprint density at radius 3 is 2.52 bits per heavy atom. The van der Waals surface area contributed by atoms with E-state index in [1.807, 2.05) is 6.92 Å². The van der Waals surface area contributed by atoms with Crippen LogP contribution in [0.1, 0.15) is 58.5 Å². The molecule has 2 aliphatic carbocycles. The van der Waals surface area contributed by atoms with Crippen LogP contribution in [0.3, 0.4) is 0 Å². The average Bonchev–Trinajstić information content (AvgIpc) is 3.30. The van der Waals surface area contributed by atoms with Crippen LogP contribution in [0.5, 0.6) is 0 Å². The quantitative estimate of drug-likeness (QED) is 0.565. The molecule has 0 bridgehead atoms. The molecule has 0 aliphatic heterocycles. The van der Waals surface area contributed by atoms with Gasteiger partial charge in [0.2, 0.25) is 5.91 Å². The number of aryl methyl sites for hydroxylation is 2. The predicted octanol–water partition coefficient (Wildman–Crippen LogP) is 5.28. The van der Waals surface area contributed by atoms with Crippen LogP contribution in [0.25, 0.3) is 0 Å². The predicted molar refractivity (Wildman–Crippen MR) is 122 cm³/mol. The van der Waals surface area contributed by atoms with E-state index in [4.69, 9.17) is 11.6 Å². The number of fused-ring (bicyclic) bond motifs is 1. The number of carbonyl (C=O) groups is 3. The molecule has 1 saturated carbocycles. The summed E-state index contributed by atoms with van der Waals surface area (Å²) >= 11 is 7.45. The van der Waals surface area contributed by atoms with Crippen LogP contribution in [0.4, 0.5) is 10.7 Å². The summed E-state index contributed by atoms with van der Waals surface area (Å²) in [6.45, 7) is 1.87. The molecule has 0 radical (unpaired) electrons. The third kappa shape index (κ3) is 4.48. The van der Waals surface area contributed by atoms with Crippen molar-refractivity contribution in [3.63, 3.8) is 0 Å². The number of hydrogen-bond donors (Lipinski definition) is 3. The molecule has 6 nitrogen and oxygen atoms in total. The van der Waals surface area contributed by atoms with Gasteiger partial charge < -0.3 is 15.7 Å². The minimum Gasteiger partial charge on any atom is -0.481 e. The minimum absolute atomic E-state index is 0.265. The number of thiophene rings is 1. The number of anilines is 2. The van der Waals surface area contributed by atoms with E-state index in [0.717, 1.165) is 48.1 Å². The molecule has 1 aromatic carbocycles. The molecule has 1 heterocycles. The van der Waals surface area contributed by atoms with Gasteiger partial charge in [0.1, 0.15) is 5.00 Å². The Morgan fingerprint density at radius 1 is 1.06 bits per heavy atom. The number of carboxylic acid groups (broad SMARTS) is 1. The second kappa shape index (κ2) is 9.01. The van der Waals surface area contributed by atoms with Crippen molar-refractivity contribution in [2.24, 2.45) is 11.8 Å². The molecular formula is C23H25ClN2O4S. The molecule has 2 aliphatic rings. The van der Waals surface area contributed by atoms with Gasteiger partial charge in [0, 0.05) is 15.6 Å². The first-order valence-corrected chi connectivity index (χ1v) is 11.8. The van der Waals surface area contributed by atoms with E-state index in [1.165, 1.54) is 11.3 Å². The van der Waals surface area contributed by atoms with Crippen molar-refractivity contribution in [1.29, 1.82) is 0 Å². The van der Waals surface area contributed by atoms with Crippen LogP contribution in [0.2, 0.25) is 5.02 Å². The molecule has 2 atom stereocenters. The third-order valence-electron chi connectivity index (χ3n) is 6.24. The van der Waals surface area contributed by atoms with E-state index in [1.54, 1.807) is 18.2 Å². The molecular weight excluding hydrogens is 436 g/mol. The highest BCUT2D eigenvalue weighted by molar-refractivity contribution is 7.17. The second-order valence-corrected chi connectivity index (χ2v) is 9.84. The average molecular weight is 461 g/mol. The maximum Gasteiger partial charge on any atom is 0.307 e. The summed E-state index contributed by atoms with van der Waals surface area (Å²) in [5, 5.41) is 16.5. The van der Waals surface area contributed by atoms with Gasteiger partial charge in [-0.3, -0.25) is 14.4 Å². The molecule has 2 unspecified atom stereocenters. The molecule has 31 heavy (non-hydrogen) atoms. The van der Waals surface area contributed by atoms with E-state index in [0.29, 0.717) is 34.1 Å². The minimum atomic E-state index is -0.926. The van der Waals surface area contributed by atoms with Crippen LogP contribution in [0.15, 0.2) is 18.2 Å². The Balaban J connectivity index is 1.60. The second-order valence-electron chi connectivity index (χ2n) is 8.30. The highest BCUT2D eigenvalue weighted by Crippen LogP contribution is 2.41. The fourth-order valence-corrected chi connectivity index (χ4v) is 6.15. The van der Waals surface area contributed by atoms with Crippen molar-refractivity contribution >= 4 is 51.4 Å². The number of halogens is 1. The van der Waals surface area contributed by atoms with Gasteiger partial charge >= 0.3 is 5.97 Å². The van der Waals surface area contributed by atoms with E-state index in [2.05, 4.69) is 10.6 Å². The number of hydrogen-bond acceptors (Lipinski definition) is 4. The van der Waals surface area contributed by atoms with Crippen molar-refractivity contribution in [1.82, 2.24) is 0 Å². The lowest BCUT2D eigenvalue weighted by Crippen LogP contribution is -2.36. The van der Waals surface area contributed by atoms with Crippen molar-refractivity contribution in [2.75, 3.05) is 10.6 Å². The first kappa shape index (κ1) is 21.8. The Bertz CT molecular complexity index is 1050. The number of carbonyl (C=O) groups excluding carboxylic acids is 2. The maximum atomic E-state index is 13.2. The molecule has 4 rings (SSSR count). The zero-order chi connectivity index (χ0) is 22.1. The van der Waals surface area contributed by atoms with Crippen molar-refractivity contribution < 1.29 is 19.5 Å². The number of benzene rings is 1. The lowest BCUT2D eigenvalue weighted by molar-refractivity contribution is -0.147. The largest absolute Gasteiger partial charge is 0.481 e. The van der Waals surface area contributed by atoms with Crippen LogP contribution in [0, 0.1) is 18.8 Å². The van der Waals surface area contributed by atoms with E-state index >= 15 is 0 Å². The van der Waals surface area contributed by atoms with Crippen LogP contribution < -0.4 is 10.6 Å². The Kier molecular flexibility index (Phi) is 6.34. The van der Waals surface area contributed by atoms with Gasteiger partial charge in [0.25, 0.3) is 5.91 Å². The fourth-order valence-electron chi connectivity index (χ4n) is 4.63. The van der Waals surface area contributed by atoms with Gasteiger partial charge in [0.15, 0.2) is 0 Å². The van der Waals surface area contributed by atoms with Crippen molar-refractivity contribution in [3.05, 3.63) is 44.8 Å². The van der Waals surface area contributed by atoms with Crippen LogP contribution in [-0.2, 0) is 22.4 Å². The Hall–Kier alpha value is -2.38. The molecule has 1 aromatic heterocycles. The van der Waals surface area contributed by atoms with Gasteiger partial charge in [-0.1, -0.05) is 24.4 Å². The lowest BCUT2D eigenvalue weighted by atomic mass is 9.79. The molecule has 0 saturated heterocycles. The SMILES string of the molecule is Cc1cc(Cl)ccc1NC(=O)c1c(NC(=O)C2CCCCC2C(=O)O)sc2c1CCC2. The molecule has 2 aromatic rings. The van der Waals surface area contributed by atoms with Gasteiger partial charge in [-0.2, -0.15) is 0 Å². The van der Waals surface area contributed by atoms with Gasteiger partial charge in [-0.15, -0.1) is 11.3 Å². The molecule has 1 fully saturated rings. The first-order valence-electron chi connectivity index (χ1n) is 10.6. The normalized spacial score (nSPS) is 20.2. The van der Waals surface area contributed by atoms with E-state index in [-0.39, 0.29) is 11.8 Å². The lowest BCUT2D eigenvalue weighted by Gasteiger charge is -2.27. The number of nitrogens with one attached hydrogen (secondary N) is 2. The Labute approximate surface area is 190 Å². The highest BCUT2D eigenvalue weighted by Gasteiger charge is 2.37. The standard InChI is InChI=1S/C23H25ClN2O4S/c1-12-11-13(24)9-10-17(12)25-21(28)19-16-7-4-8-18(16)31-22(19)26-20(27)14-5-2-3-6-15(14)23(29)30/h9-11,14-15H,2-8H2,1H3,(H,25,28)(H,26,27)(H,29,30). The zero-order valence-corrected chi connectivity index (χ0v) is 18.9. The summed E-state index contributed by atoms with van der Waals surface area (Å²) in [6, 6.07) is 5.27.